The van der Waals surface area contributed by atoms with Crippen LogP contribution >= 0.6 is 11.6 Å². The molecule has 1 aliphatic rings. The normalized spacial score (nSPS) is 17.9. The van der Waals surface area contributed by atoms with Gasteiger partial charge in [-0.25, -0.2) is 18.7 Å². The molecule has 45 heavy (non-hydrogen) atoms. The van der Waals surface area contributed by atoms with Gasteiger partial charge in [0, 0.05) is 24.2 Å². The van der Waals surface area contributed by atoms with E-state index >= 15 is 8.78 Å². The quantitative estimate of drug-likeness (QED) is 0.104. The third kappa shape index (κ3) is 6.51. The minimum Gasteiger partial charge on any atom is -0.410 e. The van der Waals surface area contributed by atoms with Crippen molar-refractivity contribution in [2.75, 3.05) is 18.0 Å². The molecule has 3 aromatic carbocycles. The van der Waals surface area contributed by atoms with Gasteiger partial charge in [0.25, 0.3) is 8.32 Å². The van der Waals surface area contributed by atoms with Crippen LogP contribution in [0.5, 0.6) is 0 Å². The highest BCUT2D eigenvalue weighted by molar-refractivity contribution is 6.99. The minimum atomic E-state index is -3.06. The molecule has 0 saturated carbocycles. The first-order chi connectivity index (χ1) is 21.5. The number of hydrogen-bond acceptors (Lipinski definition) is 7. The zero-order valence-electron chi connectivity index (χ0n) is 26.0. The first-order valence-electron chi connectivity index (χ1n) is 14.8. The molecule has 1 fully saturated rings. The molecule has 1 saturated heterocycles. The van der Waals surface area contributed by atoms with Crippen molar-refractivity contribution in [3.8, 4) is 0 Å². The molecule has 1 aliphatic heterocycles. The molecule has 2 heterocycles. The molecule has 0 spiro atoms. The molecule has 11 heteroatoms. The van der Waals surface area contributed by atoms with Gasteiger partial charge in [-0.3, -0.25) is 0 Å². The summed E-state index contributed by atoms with van der Waals surface area (Å²) in [5.74, 6) is -2.24. The van der Waals surface area contributed by atoms with Crippen molar-refractivity contribution in [2.45, 2.75) is 58.5 Å². The second-order valence-electron chi connectivity index (χ2n) is 12.3. The molecule has 0 radical (unpaired) electrons. The fraction of sp³-hybridized carbons (Fsp3) is 0.324. The maximum Gasteiger partial charge on any atom is 0.261 e. The van der Waals surface area contributed by atoms with Gasteiger partial charge in [0.2, 0.25) is 0 Å². The summed E-state index contributed by atoms with van der Waals surface area (Å²) in [5, 5.41) is 15.2. The van der Waals surface area contributed by atoms with E-state index in [1.165, 1.54) is 18.5 Å². The maximum atomic E-state index is 16.4. The van der Waals surface area contributed by atoms with Gasteiger partial charge in [0.1, 0.15) is 16.6 Å². The molecule has 1 aromatic heterocycles. The van der Waals surface area contributed by atoms with Gasteiger partial charge >= 0.3 is 0 Å². The minimum absolute atomic E-state index is 0.0282. The van der Waals surface area contributed by atoms with Crippen molar-refractivity contribution in [3.05, 3.63) is 113 Å². The van der Waals surface area contributed by atoms with Crippen molar-refractivity contribution in [1.29, 1.82) is 0 Å². The lowest BCUT2D eigenvalue weighted by Gasteiger charge is -2.43. The fourth-order valence-corrected chi connectivity index (χ4v) is 10.9. The van der Waals surface area contributed by atoms with Crippen molar-refractivity contribution in [2.24, 2.45) is 5.16 Å². The first-order valence-corrected chi connectivity index (χ1v) is 17.1. The monoisotopic (exact) mass is 650 g/mol. The second kappa shape index (κ2) is 13.3. The van der Waals surface area contributed by atoms with Crippen molar-refractivity contribution in [1.82, 2.24) is 9.97 Å². The smallest absolute Gasteiger partial charge is 0.261 e. The van der Waals surface area contributed by atoms with Gasteiger partial charge < -0.3 is 19.3 Å². The molecule has 4 aromatic rings. The Bertz CT molecular complexity index is 1610. The number of halogens is 3. The van der Waals surface area contributed by atoms with Gasteiger partial charge in [-0.15, -0.1) is 0 Å². The highest BCUT2D eigenvalue weighted by Crippen LogP contribution is 2.39. The summed E-state index contributed by atoms with van der Waals surface area (Å²) in [4.78, 5) is 9.91. The topological polar surface area (TPSA) is 80.1 Å². The maximum absolute atomic E-state index is 16.4. The average molecular weight is 651 g/mol. The van der Waals surface area contributed by atoms with Crippen LogP contribution in [0.2, 0.25) is 10.2 Å². The van der Waals surface area contributed by atoms with E-state index in [0.717, 1.165) is 10.4 Å². The Labute approximate surface area is 268 Å². The lowest BCUT2D eigenvalue weighted by atomic mass is 10.0. The van der Waals surface area contributed by atoms with Crippen LogP contribution in [-0.2, 0) is 15.8 Å². The van der Waals surface area contributed by atoms with E-state index in [-0.39, 0.29) is 51.7 Å². The molecule has 1 N–H and O–H groups in total. The summed E-state index contributed by atoms with van der Waals surface area (Å²) in [6.07, 6.45) is 2.07. The number of anilines is 1. The standard InChI is InChI=1S/C34H37ClF2N4O3Si/c1-22-19-41(20-23(2)44-22)33-24(16-27(30(36)31(33)37)32(40-42)28-17-39-29(35)18-38-28)21-43-45(34(3,4)5,25-12-8-6-9-13-25)26-14-10-7-11-15-26/h6-18,22-23,42H,19-21H2,1-5H3/t22-,23+. The molecule has 0 aliphatic carbocycles. The van der Waals surface area contributed by atoms with Crippen LogP contribution in [0.4, 0.5) is 14.5 Å². The third-order valence-electron chi connectivity index (χ3n) is 8.07. The lowest BCUT2D eigenvalue weighted by Crippen LogP contribution is -2.66. The number of oxime groups is 1. The van der Waals surface area contributed by atoms with Gasteiger partial charge in [0.05, 0.1) is 36.9 Å². The zero-order chi connectivity index (χ0) is 32.4. The van der Waals surface area contributed by atoms with E-state index in [1.807, 2.05) is 55.1 Å². The summed E-state index contributed by atoms with van der Waals surface area (Å²) >= 11 is 5.90. The molecular weight excluding hydrogens is 614 g/mol. The van der Waals surface area contributed by atoms with Crippen LogP contribution in [0.25, 0.3) is 0 Å². The summed E-state index contributed by atoms with van der Waals surface area (Å²) in [6, 6.07) is 21.7. The van der Waals surface area contributed by atoms with E-state index in [0.29, 0.717) is 18.7 Å². The Balaban J connectivity index is 1.70. The Morgan fingerprint density at radius 3 is 2.04 bits per heavy atom. The molecule has 2 atom stereocenters. The molecule has 236 valence electrons. The Morgan fingerprint density at radius 2 is 1.56 bits per heavy atom. The van der Waals surface area contributed by atoms with E-state index in [1.54, 1.807) is 0 Å². The fourth-order valence-electron chi connectivity index (χ4n) is 6.28. The SMILES string of the molecule is C[C@@H]1CN(c2c(CO[Si](c3ccccc3)(c3ccccc3)C(C)(C)C)cc(C(=NO)c3cnc(Cl)cn3)c(F)c2F)C[C@H](C)O1. The Kier molecular flexibility index (Phi) is 9.69. The molecule has 0 unspecified atom stereocenters. The summed E-state index contributed by atoms with van der Waals surface area (Å²) < 4.78 is 45.6. The van der Waals surface area contributed by atoms with E-state index in [4.69, 9.17) is 20.8 Å². The number of aromatic nitrogens is 2. The molecule has 7 nitrogen and oxygen atoms in total. The van der Waals surface area contributed by atoms with Crippen LogP contribution in [0, 0.1) is 11.6 Å². The number of morpholine rings is 1. The van der Waals surface area contributed by atoms with Gasteiger partial charge in [-0.05, 0) is 35.3 Å². The first kappa shape index (κ1) is 32.7. The largest absolute Gasteiger partial charge is 0.410 e. The van der Waals surface area contributed by atoms with E-state index in [2.05, 4.69) is 60.2 Å². The number of nitrogens with zero attached hydrogens (tertiary/aromatic N) is 4. The Hall–Kier alpha value is -3.70. The van der Waals surface area contributed by atoms with Crippen LogP contribution in [0.3, 0.4) is 0 Å². The predicted molar refractivity (Wildman–Crippen MR) is 175 cm³/mol. The van der Waals surface area contributed by atoms with Crippen LogP contribution in [0.15, 0.2) is 84.3 Å². The van der Waals surface area contributed by atoms with Crippen molar-refractivity contribution in [3.63, 3.8) is 0 Å². The summed E-state index contributed by atoms with van der Waals surface area (Å²) in [6.45, 7) is 10.9. The second-order valence-corrected chi connectivity index (χ2v) is 17.0. The predicted octanol–water partition coefficient (Wildman–Crippen LogP) is 6.33. The van der Waals surface area contributed by atoms with Crippen LogP contribution in [0.1, 0.15) is 51.4 Å². The van der Waals surface area contributed by atoms with Crippen LogP contribution in [-0.4, -0.2) is 54.5 Å². The number of hydrogen-bond donors (Lipinski definition) is 1. The number of ether oxygens (including phenoxy) is 1. The molecule has 5 rings (SSSR count). The highest BCUT2D eigenvalue weighted by Gasteiger charge is 2.50. The third-order valence-corrected chi connectivity index (χ3v) is 13.3. The van der Waals surface area contributed by atoms with Gasteiger partial charge in [0.15, 0.2) is 11.6 Å². The van der Waals surface area contributed by atoms with Crippen LogP contribution < -0.4 is 15.3 Å². The van der Waals surface area contributed by atoms with E-state index < -0.39 is 20.0 Å². The number of benzene rings is 3. The van der Waals surface area contributed by atoms with E-state index in [9.17, 15) is 5.21 Å². The van der Waals surface area contributed by atoms with Crippen molar-refractivity contribution >= 4 is 41.7 Å². The molecule has 0 bridgehead atoms. The summed E-state index contributed by atoms with van der Waals surface area (Å²) in [7, 11) is -3.06. The van der Waals surface area contributed by atoms with Gasteiger partial charge in [-0.1, -0.05) is 98.2 Å². The Morgan fingerprint density at radius 1 is 0.978 bits per heavy atom. The molecular formula is C34H37ClF2N4O3Si. The highest BCUT2D eigenvalue weighted by atomic mass is 35.5. The zero-order valence-corrected chi connectivity index (χ0v) is 27.7. The average Bonchev–Trinajstić information content (AvgIpc) is 3.01. The molecule has 0 amide bonds. The summed E-state index contributed by atoms with van der Waals surface area (Å²) in [5.41, 5.74) is -0.0272. The lowest BCUT2D eigenvalue weighted by molar-refractivity contribution is -0.00553. The van der Waals surface area contributed by atoms with Crippen molar-refractivity contribution < 1.29 is 23.2 Å². The number of rotatable bonds is 8. The van der Waals surface area contributed by atoms with Gasteiger partial charge in [-0.2, -0.15) is 0 Å².